The Labute approximate surface area is 126 Å². The molecule has 0 saturated carbocycles. The lowest BCUT2D eigenvalue weighted by atomic mass is 10.1. The Morgan fingerprint density at radius 3 is 2.95 bits per heavy atom. The van der Waals surface area contributed by atoms with Gasteiger partial charge in [-0.3, -0.25) is 0 Å². The third kappa shape index (κ3) is 4.77. The topological polar surface area (TPSA) is 64.7 Å². The van der Waals surface area contributed by atoms with E-state index in [-0.39, 0.29) is 5.25 Å². The van der Waals surface area contributed by atoms with Crippen molar-refractivity contribution in [3.63, 3.8) is 0 Å². The molecule has 2 aromatic heterocycles. The molecule has 0 aliphatic heterocycles. The number of hydrogen-bond acceptors (Lipinski definition) is 8. The van der Waals surface area contributed by atoms with Gasteiger partial charge in [-0.25, -0.2) is 0 Å². The van der Waals surface area contributed by atoms with Crippen LogP contribution in [-0.4, -0.2) is 20.4 Å². The van der Waals surface area contributed by atoms with Crippen molar-refractivity contribution in [1.29, 1.82) is 0 Å². The maximum atomic E-state index is 5.58. The molecule has 0 N–H and O–H groups in total. The number of aromatic nitrogens is 4. The Bertz CT molecular complexity index is 474. The van der Waals surface area contributed by atoms with E-state index in [0.29, 0.717) is 11.1 Å². The van der Waals surface area contributed by atoms with E-state index in [4.69, 9.17) is 4.42 Å². The smallest absolute Gasteiger partial charge is 0.283 e. The van der Waals surface area contributed by atoms with Gasteiger partial charge in [0, 0.05) is 11.8 Å². The minimum atomic E-state index is 0.0214. The maximum Gasteiger partial charge on any atom is 0.283 e. The highest BCUT2D eigenvalue weighted by Gasteiger charge is 2.16. The first-order valence-corrected chi connectivity index (χ1v) is 8.46. The fourth-order valence-corrected chi connectivity index (χ4v) is 3.11. The predicted molar refractivity (Wildman–Crippen MR) is 78.8 cm³/mol. The second kappa shape index (κ2) is 7.86. The highest BCUT2D eigenvalue weighted by atomic mass is 32.2. The summed E-state index contributed by atoms with van der Waals surface area (Å²) in [6.07, 6.45) is 5.84. The van der Waals surface area contributed by atoms with Gasteiger partial charge in [-0.2, -0.15) is 12.6 Å². The van der Waals surface area contributed by atoms with Crippen LogP contribution in [0.1, 0.15) is 50.2 Å². The Morgan fingerprint density at radius 1 is 1.32 bits per heavy atom. The monoisotopic (exact) mass is 316 g/mol. The highest BCUT2D eigenvalue weighted by molar-refractivity contribution is 8.00. The standard InChI is InChI=1S/C11H16N4OS3/c1-2-3-4-5-6-8(17)9-13-14-10(16-9)19-11-15-12-7-18-11/h7-8,17H,2-6H2,1H3/t8-/m0/s1. The number of nitrogens with zero attached hydrogens (tertiary/aromatic N) is 4. The molecule has 8 heteroatoms. The quantitative estimate of drug-likeness (QED) is 0.586. The summed E-state index contributed by atoms with van der Waals surface area (Å²) in [4.78, 5) is 0. The molecule has 0 aliphatic rings. The summed E-state index contributed by atoms with van der Waals surface area (Å²) in [6, 6.07) is 0. The first-order chi connectivity index (χ1) is 9.29. The van der Waals surface area contributed by atoms with Crippen LogP contribution in [-0.2, 0) is 0 Å². The zero-order chi connectivity index (χ0) is 13.5. The van der Waals surface area contributed by atoms with Crippen LogP contribution in [0.25, 0.3) is 0 Å². The molecule has 19 heavy (non-hydrogen) atoms. The molecule has 0 amide bonds. The van der Waals surface area contributed by atoms with Crippen LogP contribution in [0.5, 0.6) is 0 Å². The van der Waals surface area contributed by atoms with Gasteiger partial charge in [-0.05, 0) is 6.42 Å². The van der Waals surface area contributed by atoms with Crippen LogP contribution < -0.4 is 0 Å². The van der Waals surface area contributed by atoms with Gasteiger partial charge in [0.05, 0.1) is 5.25 Å². The first kappa shape index (κ1) is 14.8. The van der Waals surface area contributed by atoms with E-state index in [1.807, 2.05) is 0 Å². The molecule has 0 unspecified atom stereocenters. The van der Waals surface area contributed by atoms with Gasteiger partial charge in [0.1, 0.15) is 5.51 Å². The molecule has 2 heterocycles. The molecule has 0 bridgehead atoms. The molecule has 0 radical (unpaired) electrons. The first-order valence-electron chi connectivity index (χ1n) is 6.25. The van der Waals surface area contributed by atoms with Crippen molar-refractivity contribution in [2.75, 3.05) is 0 Å². The third-order valence-electron chi connectivity index (χ3n) is 2.55. The average Bonchev–Trinajstić information content (AvgIpc) is 3.06. The second-order valence-corrected chi connectivity index (χ2v) is 6.73. The molecule has 0 aliphatic carbocycles. The number of rotatable bonds is 8. The Hall–Kier alpha value is -0.600. The Kier molecular flexibility index (Phi) is 6.12. The summed E-state index contributed by atoms with van der Waals surface area (Å²) in [5, 5.41) is 16.2. The van der Waals surface area contributed by atoms with Gasteiger partial charge in [0.2, 0.25) is 5.89 Å². The van der Waals surface area contributed by atoms with Crippen molar-refractivity contribution in [3.05, 3.63) is 11.4 Å². The number of unbranched alkanes of at least 4 members (excludes halogenated alkanes) is 3. The molecule has 104 valence electrons. The fraction of sp³-hybridized carbons (Fsp3) is 0.636. The van der Waals surface area contributed by atoms with E-state index >= 15 is 0 Å². The number of hydrogen-bond donors (Lipinski definition) is 1. The van der Waals surface area contributed by atoms with Crippen molar-refractivity contribution in [2.24, 2.45) is 0 Å². The van der Waals surface area contributed by atoms with E-state index in [2.05, 4.69) is 39.9 Å². The molecule has 0 spiro atoms. The maximum absolute atomic E-state index is 5.58. The van der Waals surface area contributed by atoms with Crippen molar-refractivity contribution < 1.29 is 4.42 Å². The average molecular weight is 316 g/mol. The van der Waals surface area contributed by atoms with Gasteiger partial charge in [0.25, 0.3) is 5.22 Å². The van der Waals surface area contributed by atoms with Crippen molar-refractivity contribution in [3.8, 4) is 0 Å². The minimum absolute atomic E-state index is 0.0214. The second-order valence-electron chi connectivity index (χ2n) is 4.08. The molecule has 1 atom stereocenters. The highest BCUT2D eigenvalue weighted by Crippen LogP contribution is 2.31. The van der Waals surface area contributed by atoms with E-state index in [9.17, 15) is 0 Å². The fourth-order valence-electron chi connectivity index (χ4n) is 1.57. The number of thiol groups is 1. The molecule has 0 aromatic carbocycles. The summed E-state index contributed by atoms with van der Waals surface area (Å²) >= 11 is 7.30. The SMILES string of the molecule is CCCCCC[C@H](S)c1nnc(Sc2nncs2)o1. The van der Waals surface area contributed by atoms with E-state index in [0.717, 1.165) is 17.2 Å². The zero-order valence-electron chi connectivity index (χ0n) is 10.7. The lowest BCUT2D eigenvalue weighted by molar-refractivity contribution is 0.404. The van der Waals surface area contributed by atoms with Crippen molar-refractivity contribution in [1.82, 2.24) is 20.4 Å². The van der Waals surface area contributed by atoms with E-state index < -0.39 is 0 Å². The van der Waals surface area contributed by atoms with Crippen LogP contribution in [0.2, 0.25) is 0 Å². The zero-order valence-corrected chi connectivity index (χ0v) is 13.2. The van der Waals surface area contributed by atoms with Gasteiger partial charge in [-0.15, -0.1) is 20.4 Å². The summed E-state index contributed by atoms with van der Waals surface area (Å²) < 4.78 is 6.38. The third-order valence-corrected chi connectivity index (χ3v) is 4.65. The molecular weight excluding hydrogens is 300 g/mol. The van der Waals surface area contributed by atoms with Crippen LogP contribution in [0.15, 0.2) is 19.5 Å². The lowest BCUT2D eigenvalue weighted by Gasteiger charge is -2.04. The van der Waals surface area contributed by atoms with Gasteiger partial charge in [0.15, 0.2) is 4.34 Å². The van der Waals surface area contributed by atoms with Crippen LogP contribution in [0, 0.1) is 0 Å². The van der Waals surface area contributed by atoms with Crippen LogP contribution in [0.3, 0.4) is 0 Å². The van der Waals surface area contributed by atoms with Gasteiger partial charge >= 0.3 is 0 Å². The molecule has 0 saturated heterocycles. The van der Waals surface area contributed by atoms with Gasteiger partial charge < -0.3 is 4.42 Å². The largest absolute Gasteiger partial charge is 0.414 e. The molecular formula is C11H16N4OS3. The summed E-state index contributed by atoms with van der Waals surface area (Å²) in [5.41, 5.74) is 1.68. The van der Waals surface area contributed by atoms with E-state index in [1.165, 1.54) is 42.4 Å². The van der Waals surface area contributed by atoms with Crippen LogP contribution >= 0.6 is 35.7 Å². The predicted octanol–water partition coefficient (Wildman–Crippen LogP) is 4.01. The normalized spacial score (nSPS) is 12.7. The van der Waals surface area contributed by atoms with Crippen molar-refractivity contribution in [2.45, 2.75) is 53.8 Å². The summed E-state index contributed by atoms with van der Waals surface area (Å²) in [6.45, 7) is 2.20. The molecule has 2 rings (SSSR count). The lowest BCUT2D eigenvalue weighted by Crippen LogP contribution is -1.91. The van der Waals surface area contributed by atoms with Crippen LogP contribution in [0.4, 0.5) is 0 Å². The minimum Gasteiger partial charge on any atom is -0.414 e. The van der Waals surface area contributed by atoms with Gasteiger partial charge in [-0.1, -0.05) is 43.9 Å². The summed E-state index contributed by atoms with van der Waals surface area (Å²) in [7, 11) is 0. The molecule has 5 nitrogen and oxygen atoms in total. The summed E-state index contributed by atoms with van der Waals surface area (Å²) in [5.74, 6) is 0.590. The Balaban J connectivity index is 1.82. The van der Waals surface area contributed by atoms with Crippen molar-refractivity contribution >= 4 is 35.7 Å². The Morgan fingerprint density at radius 2 is 2.21 bits per heavy atom. The van der Waals surface area contributed by atoms with E-state index in [1.54, 1.807) is 5.51 Å². The molecule has 2 aromatic rings. The molecule has 0 fully saturated rings.